The second kappa shape index (κ2) is 10.3. The highest BCUT2D eigenvalue weighted by Crippen LogP contribution is 2.40. The maximum Gasteiger partial charge on any atom is 0.192 e. The molecule has 1 aliphatic rings. The molecule has 1 heterocycles. The van der Waals surface area contributed by atoms with Gasteiger partial charge in [-0.3, -0.25) is 0 Å². The molecule has 2 N–H and O–H groups in total. The molecular weight excluding hydrogens is 487 g/mol. The second-order valence-electron chi connectivity index (χ2n) is 9.04. The van der Waals surface area contributed by atoms with Crippen LogP contribution in [0.15, 0.2) is 30.3 Å². The molecule has 1 aliphatic heterocycles. The third-order valence-corrected chi connectivity index (χ3v) is 11.3. The first-order chi connectivity index (χ1) is 13.1. The summed E-state index contributed by atoms with van der Waals surface area (Å²) in [5.74, 6) is 0. The predicted molar refractivity (Wildman–Crippen MR) is 122 cm³/mol. The SMILES string of the molecule is CC(C)(C)[Si](C)(C)O[C@H]1C[C@H](CI)O[C@@H]1[C@H](OCc1ccccc1)[C@@H](O)CO. The Morgan fingerprint density at radius 3 is 2.43 bits per heavy atom. The van der Waals surface area contributed by atoms with Gasteiger partial charge < -0.3 is 24.1 Å². The molecule has 0 radical (unpaired) electrons. The van der Waals surface area contributed by atoms with Crippen LogP contribution in [-0.4, -0.2) is 60.1 Å². The van der Waals surface area contributed by atoms with Crippen molar-refractivity contribution in [1.82, 2.24) is 0 Å². The molecule has 1 aromatic carbocycles. The summed E-state index contributed by atoms with van der Waals surface area (Å²) in [7, 11) is -2.01. The van der Waals surface area contributed by atoms with E-state index < -0.39 is 26.6 Å². The summed E-state index contributed by atoms with van der Waals surface area (Å²) in [5, 5.41) is 20.2. The highest BCUT2D eigenvalue weighted by molar-refractivity contribution is 14.1. The lowest BCUT2D eigenvalue weighted by molar-refractivity contribution is -0.146. The first kappa shape index (κ1) is 24.2. The minimum Gasteiger partial charge on any atom is -0.411 e. The van der Waals surface area contributed by atoms with Crippen LogP contribution in [0.25, 0.3) is 0 Å². The Bertz CT molecular complexity index is 592. The number of ether oxygens (including phenoxy) is 2. The van der Waals surface area contributed by atoms with Gasteiger partial charge in [-0.2, -0.15) is 0 Å². The van der Waals surface area contributed by atoms with E-state index in [0.29, 0.717) is 6.61 Å². The number of halogens is 1. The molecule has 1 aromatic rings. The van der Waals surface area contributed by atoms with E-state index in [9.17, 15) is 10.2 Å². The van der Waals surface area contributed by atoms with Crippen molar-refractivity contribution in [3.63, 3.8) is 0 Å². The molecule has 5 atom stereocenters. The molecule has 5 nitrogen and oxygen atoms in total. The van der Waals surface area contributed by atoms with Gasteiger partial charge in [-0.05, 0) is 23.7 Å². The normalized spacial score (nSPS) is 25.6. The fourth-order valence-electron chi connectivity index (χ4n) is 3.11. The summed E-state index contributed by atoms with van der Waals surface area (Å²) in [6.07, 6.45) is -1.37. The third kappa shape index (κ3) is 6.23. The van der Waals surface area contributed by atoms with Crippen LogP contribution in [0.3, 0.4) is 0 Å². The standard InChI is InChI=1S/C21H35IO5Si/c1-21(2,3)28(4,5)27-18-11-16(12-22)26-20(18)19(17(24)13-23)25-14-15-9-7-6-8-10-15/h6-10,16-20,23-24H,11-14H2,1-5H3/t16-,17+,18+,19-,20+/m1/s1. The van der Waals surface area contributed by atoms with Crippen LogP contribution in [0, 0.1) is 0 Å². The van der Waals surface area contributed by atoms with Crippen LogP contribution in [0.5, 0.6) is 0 Å². The zero-order valence-corrected chi connectivity index (χ0v) is 20.8. The van der Waals surface area contributed by atoms with E-state index in [1.165, 1.54) is 0 Å². The van der Waals surface area contributed by atoms with Crippen LogP contribution in [0.1, 0.15) is 32.8 Å². The van der Waals surface area contributed by atoms with Gasteiger partial charge in [0.1, 0.15) is 18.3 Å². The summed E-state index contributed by atoms with van der Waals surface area (Å²) >= 11 is 2.32. The largest absolute Gasteiger partial charge is 0.411 e. The van der Waals surface area contributed by atoms with Gasteiger partial charge in [0.2, 0.25) is 0 Å². The molecule has 1 saturated heterocycles. The van der Waals surface area contributed by atoms with E-state index in [-0.39, 0.29) is 23.9 Å². The van der Waals surface area contributed by atoms with Gasteiger partial charge in [0, 0.05) is 10.8 Å². The number of hydrogen-bond donors (Lipinski definition) is 2. The van der Waals surface area contributed by atoms with Gasteiger partial charge in [0.15, 0.2) is 8.32 Å². The highest BCUT2D eigenvalue weighted by atomic mass is 127. The topological polar surface area (TPSA) is 68.2 Å². The Morgan fingerprint density at radius 2 is 1.89 bits per heavy atom. The zero-order valence-electron chi connectivity index (χ0n) is 17.6. The smallest absolute Gasteiger partial charge is 0.192 e. The maximum absolute atomic E-state index is 10.5. The van der Waals surface area contributed by atoms with E-state index in [1.54, 1.807) is 0 Å². The van der Waals surface area contributed by atoms with Crippen LogP contribution in [0.4, 0.5) is 0 Å². The molecule has 7 heteroatoms. The van der Waals surface area contributed by atoms with Crippen molar-refractivity contribution in [2.45, 2.75) is 82.5 Å². The van der Waals surface area contributed by atoms with E-state index >= 15 is 0 Å². The average molecular weight is 522 g/mol. The van der Waals surface area contributed by atoms with Gasteiger partial charge in [-0.15, -0.1) is 0 Å². The van der Waals surface area contributed by atoms with Crippen LogP contribution < -0.4 is 0 Å². The lowest BCUT2D eigenvalue weighted by Crippen LogP contribution is -2.51. The molecule has 0 aromatic heterocycles. The molecule has 0 bridgehead atoms. The molecule has 0 unspecified atom stereocenters. The molecule has 160 valence electrons. The Kier molecular flexibility index (Phi) is 8.94. The molecular formula is C21H35IO5Si. The number of aliphatic hydroxyl groups excluding tert-OH is 2. The van der Waals surface area contributed by atoms with Gasteiger partial charge in [-0.1, -0.05) is 73.7 Å². The van der Waals surface area contributed by atoms with E-state index in [4.69, 9.17) is 13.9 Å². The predicted octanol–water partition coefficient (Wildman–Crippen LogP) is 3.91. The lowest BCUT2D eigenvalue weighted by Gasteiger charge is -2.40. The van der Waals surface area contributed by atoms with Crippen molar-refractivity contribution in [3.05, 3.63) is 35.9 Å². The van der Waals surface area contributed by atoms with E-state index in [0.717, 1.165) is 16.4 Å². The van der Waals surface area contributed by atoms with Crippen LogP contribution in [-0.2, 0) is 20.5 Å². The number of hydrogen-bond acceptors (Lipinski definition) is 5. The van der Waals surface area contributed by atoms with Crippen LogP contribution >= 0.6 is 22.6 Å². The summed E-state index contributed by atoms with van der Waals surface area (Å²) < 4.78 is 19.9. The van der Waals surface area contributed by atoms with Gasteiger partial charge in [0.05, 0.1) is 25.4 Å². The van der Waals surface area contributed by atoms with Gasteiger partial charge in [0.25, 0.3) is 0 Å². The molecule has 2 rings (SSSR count). The fraction of sp³-hybridized carbons (Fsp3) is 0.714. The van der Waals surface area contributed by atoms with Crippen LogP contribution in [0.2, 0.25) is 18.1 Å². The molecule has 0 aliphatic carbocycles. The zero-order chi connectivity index (χ0) is 20.9. The minimum atomic E-state index is -2.01. The summed E-state index contributed by atoms with van der Waals surface area (Å²) in [6, 6.07) is 9.83. The number of alkyl halides is 1. The molecule has 0 saturated carbocycles. The lowest BCUT2D eigenvalue weighted by atomic mass is 10.0. The average Bonchev–Trinajstić information content (AvgIpc) is 3.03. The second-order valence-corrected chi connectivity index (χ2v) is 14.7. The Labute approximate surface area is 184 Å². The van der Waals surface area contributed by atoms with Crippen molar-refractivity contribution in [2.75, 3.05) is 11.0 Å². The number of benzene rings is 1. The molecule has 0 amide bonds. The summed E-state index contributed by atoms with van der Waals surface area (Å²) in [6.45, 7) is 11.1. The van der Waals surface area contributed by atoms with Crippen molar-refractivity contribution < 1.29 is 24.1 Å². The van der Waals surface area contributed by atoms with E-state index in [1.807, 2.05) is 30.3 Å². The van der Waals surface area contributed by atoms with Crippen molar-refractivity contribution in [3.8, 4) is 0 Å². The maximum atomic E-state index is 10.5. The van der Waals surface area contributed by atoms with Gasteiger partial charge in [-0.25, -0.2) is 0 Å². The summed E-state index contributed by atoms with van der Waals surface area (Å²) in [5.41, 5.74) is 1.02. The Balaban J connectivity index is 2.19. The minimum absolute atomic E-state index is 0.0640. The number of aliphatic hydroxyl groups is 2. The first-order valence-electron chi connectivity index (χ1n) is 9.92. The van der Waals surface area contributed by atoms with Crippen molar-refractivity contribution in [2.24, 2.45) is 0 Å². The first-order valence-corrected chi connectivity index (χ1v) is 14.4. The Hall–Kier alpha value is -0.0331. The molecule has 0 spiro atoms. The van der Waals surface area contributed by atoms with Gasteiger partial charge >= 0.3 is 0 Å². The molecule has 1 fully saturated rings. The Morgan fingerprint density at radius 1 is 1.25 bits per heavy atom. The quantitative estimate of drug-likeness (QED) is 0.293. The van der Waals surface area contributed by atoms with Crippen molar-refractivity contribution >= 4 is 30.9 Å². The third-order valence-electron chi connectivity index (χ3n) is 5.81. The monoisotopic (exact) mass is 522 g/mol. The highest BCUT2D eigenvalue weighted by Gasteiger charge is 2.48. The summed E-state index contributed by atoms with van der Waals surface area (Å²) in [4.78, 5) is 0. The number of rotatable bonds is 9. The molecule has 28 heavy (non-hydrogen) atoms. The fourth-order valence-corrected chi connectivity index (χ4v) is 5.02. The van der Waals surface area contributed by atoms with Crippen molar-refractivity contribution in [1.29, 1.82) is 0 Å². The van der Waals surface area contributed by atoms with E-state index in [2.05, 4.69) is 56.5 Å².